The van der Waals surface area contributed by atoms with Crippen molar-refractivity contribution in [1.29, 1.82) is 0 Å². The first kappa shape index (κ1) is 10.4. The minimum atomic E-state index is -0.208. The topological polar surface area (TPSA) is 43.1 Å². The first-order valence-electron chi connectivity index (χ1n) is 6.80. The molecule has 1 spiro atoms. The predicted molar refractivity (Wildman–Crippen MR) is 71.2 cm³/mol. The maximum atomic E-state index is 12.6. The van der Waals surface area contributed by atoms with Gasteiger partial charge in [-0.1, -0.05) is 18.2 Å². The quantitative estimate of drug-likeness (QED) is 0.558. The number of Topliss-reactive ketones (excluding diaryl/α,β-unsaturated/α-hetero) is 1. The summed E-state index contributed by atoms with van der Waals surface area (Å²) in [6, 6.07) is 6.13. The normalized spacial score (nSPS) is 36.3. The molecule has 2 heteroatoms. The summed E-state index contributed by atoms with van der Waals surface area (Å²) in [5, 5.41) is 0. The van der Waals surface area contributed by atoms with E-state index in [9.17, 15) is 4.79 Å². The van der Waals surface area contributed by atoms with Gasteiger partial charge in [-0.25, -0.2) is 0 Å². The maximum absolute atomic E-state index is 12.6. The Hall–Kier alpha value is -1.57. The predicted octanol–water partition coefficient (Wildman–Crippen LogP) is 2.62. The van der Waals surface area contributed by atoms with E-state index in [1.54, 1.807) is 0 Å². The molecule has 2 bridgehead atoms. The molecule has 0 aliphatic heterocycles. The average molecular weight is 239 g/mol. The lowest BCUT2D eigenvalue weighted by Crippen LogP contribution is -2.43. The SMILES string of the molecule is Nc1ccc2c(c1)CCC(=O)C21CC2C=CC1C2. The summed E-state index contributed by atoms with van der Waals surface area (Å²) in [5.41, 5.74) is 9.06. The van der Waals surface area contributed by atoms with Gasteiger partial charge in [0.15, 0.2) is 0 Å². The Bertz CT molecular complexity index is 574. The second kappa shape index (κ2) is 3.25. The number of anilines is 1. The van der Waals surface area contributed by atoms with Gasteiger partial charge in [-0.05, 0) is 54.4 Å². The number of ketones is 1. The van der Waals surface area contributed by atoms with Crippen LogP contribution >= 0.6 is 0 Å². The van der Waals surface area contributed by atoms with E-state index in [-0.39, 0.29) is 5.41 Å². The molecule has 1 aromatic rings. The second-order valence-corrected chi connectivity index (χ2v) is 6.00. The second-order valence-electron chi connectivity index (χ2n) is 6.00. The number of nitrogen functional groups attached to an aromatic ring is 1. The lowest BCUT2D eigenvalue weighted by molar-refractivity contribution is -0.126. The van der Waals surface area contributed by atoms with E-state index in [1.165, 1.54) is 11.1 Å². The van der Waals surface area contributed by atoms with Crippen LogP contribution in [0.2, 0.25) is 0 Å². The number of carbonyl (C=O) groups is 1. The summed E-state index contributed by atoms with van der Waals surface area (Å²) in [5.74, 6) is 1.50. The van der Waals surface area contributed by atoms with E-state index >= 15 is 0 Å². The number of hydrogen-bond acceptors (Lipinski definition) is 2. The van der Waals surface area contributed by atoms with Gasteiger partial charge in [-0.15, -0.1) is 0 Å². The molecule has 2 nitrogen and oxygen atoms in total. The summed E-state index contributed by atoms with van der Waals surface area (Å²) < 4.78 is 0. The van der Waals surface area contributed by atoms with Crippen LogP contribution in [-0.4, -0.2) is 5.78 Å². The number of carbonyl (C=O) groups excluding carboxylic acids is 1. The Balaban J connectivity index is 1.94. The van der Waals surface area contributed by atoms with Crippen LogP contribution < -0.4 is 5.73 Å². The number of allylic oxidation sites excluding steroid dienone is 2. The third-order valence-corrected chi connectivity index (χ3v) is 5.12. The van der Waals surface area contributed by atoms with Crippen molar-refractivity contribution >= 4 is 11.5 Å². The lowest BCUT2D eigenvalue weighted by Gasteiger charge is -2.39. The van der Waals surface area contributed by atoms with Gasteiger partial charge in [0.25, 0.3) is 0 Å². The largest absolute Gasteiger partial charge is 0.399 e. The third kappa shape index (κ3) is 1.11. The van der Waals surface area contributed by atoms with E-state index in [2.05, 4.69) is 24.3 Å². The average Bonchev–Trinajstić information content (AvgIpc) is 2.95. The highest BCUT2D eigenvalue weighted by Gasteiger charge is 2.55. The highest BCUT2D eigenvalue weighted by atomic mass is 16.1. The molecule has 18 heavy (non-hydrogen) atoms. The van der Waals surface area contributed by atoms with Gasteiger partial charge < -0.3 is 5.73 Å². The van der Waals surface area contributed by atoms with Gasteiger partial charge in [-0.2, -0.15) is 0 Å². The van der Waals surface area contributed by atoms with Crippen LogP contribution in [0.15, 0.2) is 30.4 Å². The van der Waals surface area contributed by atoms with Crippen LogP contribution in [0, 0.1) is 11.8 Å². The van der Waals surface area contributed by atoms with E-state index < -0.39 is 0 Å². The van der Waals surface area contributed by atoms with Gasteiger partial charge in [-0.3, -0.25) is 4.79 Å². The number of nitrogens with two attached hydrogens (primary N) is 1. The lowest BCUT2D eigenvalue weighted by atomic mass is 9.62. The Labute approximate surface area is 107 Å². The molecule has 92 valence electrons. The summed E-state index contributed by atoms with van der Waals surface area (Å²) in [6.07, 6.45) is 8.31. The van der Waals surface area contributed by atoms with Gasteiger partial charge in [0, 0.05) is 12.1 Å². The molecule has 2 N–H and O–H groups in total. The first-order chi connectivity index (χ1) is 8.70. The van der Waals surface area contributed by atoms with Gasteiger partial charge in [0.05, 0.1) is 5.41 Å². The Kier molecular flexibility index (Phi) is 1.87. The van der Waals surface area contributed by atoms with Crippen molar-refractivity contribution in [3.8, 4) is 0 Å². The fourth-order valence-electron chi connectivity index (χ4n) is 4.36. The first-order valence-corrected chi connectivity index (χ1v) is 6.80. The Morgan fingerprint density at radius 3 is 2.83 bits per heavy atom. The molecule has 0 heterocycles. The zero-order chi connectivity index (χ0) is 12.3. The molecule has 1 aromatic carbocycles. The molecule has 3 atom stereocenters. The van der Waals surface area contributed by atoms with Gasteiger partial charge >= 0.3 is 0 Å². The molecule has 3 aliphatic carbocycles. The van der Waals surface area contributed by atoms with Gasteiger partial charge in [0.2, 0.25) is 0 Å². The molecule has 0 aromatic heterocycles. The van der Waals surface area contributed by atoms with E-state index in [1.807, 2.05) is 6.07 Å². The van der Waals surface area contributed by atoms with Crippen LogP contribution in [-0.2, 0) is 16.6 Å². The third-order valence-electron chi connectivity index (χ3n) is 5.12. The summed E-state index contributed by atoms with van der Waals surface area (Å²) in [4.78, 5) is 12.6. The molecule has 0 saturated heterocycles. The van der Waals surface area contributed by atoms with Crippen molar-refractivity contribution in [1.82, 2.24) is 0 Å². The van der Waals surface area contributed by atoms with Crippen molar-refractivity contribution in [2.45, 2.75) is 31.1 Å². The summed E-state index contributed by atoms with van der Waals surface area (Å²) in [7, 11) is 0. The number of fused-ring (bicyclic) bond motifs is 5. The number of rotatable bonds is 0. The molecular weight excluding hydrogens is 222 g/mol. The molecule has 1 fully saturated rings. The number of hydrogen-bond donors (Lipinski definition) is 1. The fourth-order valence-corrected chi connectivity index (χ4v) is 4.36. The Morgan fingerprint density at radius 2 is 2.11 bits per heavy atom. The molecule has 3 unspecified atom stereocenters. The monoisotopic (exact) mass is 239 g/mol. The van der Waals surface area contributed by atoms with Crippen LogP contribution in [0.25, 0.3) is 0 Å². The molecule has 0 amide bonds. The van der Waals surface area contributed by atoms with Crippen molar-refractivity contribution in [3.63, 3.8) is 0 Å². The molecule has 4 rings (SSSR count). The van der Waals surface area contributed by atoms with Crippen LogP contribution in [0.4, 0.5) is 5.69 Å². The zero-order valence-corrected chi connectivity index (χ0v) is 10.4. The van der Waals surface area contributed by atoms with Crippen LogP contribution in [0.1, 0.15) is 30.4 Å². The van der Waals surface area contributed by atoms with E-state index in [0.29, 0.717) is 24.0 Å². The van der Waals surface area contributed by atoms with Crippen molar-refractivity contribution < 1.29 is 4.79 Å². The smallest absolute Gasteiger partial charge is 0.144 e. The maximum Gasteiger partial charge on any atom is 0.144 e. The standard InChI is InChI=1S/C16H17NO/c17-13-4-5-14-11(8-13)2-6-15(18)16(14)9-10-1-3-12(16)7-10/h1,3-5,8,10,12H,2,6-7,9,17H2. The number of aryl methyl sites for hydroxylation is 1. The number of benzene rings is 1. The van der Waals surface area contributed by atoms with Crippen molar-refractivity contribution in [2.24, 2.45) is 11.8 Å². The summed E-state index contributed by atoms with van der Waals surface area (Å²) in [6.45, 7) is 0. The van der Waals surface area contributed by atoms with Crippen molar-refractivity contribution in [2.75, 3.05) is 5.73 Å². The summed E-state index contributed by atoms with van der Waals surface area (Å²) >= 11 is 0. The molecule has 1 saturated carbocycles. The highest BCUT2D eigenvalue weighted by Crippen LogP contribution is 2.56. The van der Waals surface area contributed by atoms with Crippen LogP contribution in [0.3, 0.4) is 0 Å². The van der Waals surface area contributed by atoms with E-state index in [0.717, 1.165) is 24.9 Å². The zero-order valence-electron chi connectivity index (χ0n) is 10.4. The van der Waals surface area contributed by atoms with Crippen LogP contribution in [0.5, 0.6) is 0 Å². The highest BCUT2D eigenvalue weighted by molar-refractivity contribution is 5.94. The van der Waals surface area contributed by atoms with E-state index in [4.69, 9.17) is 5.73 Å². The van der Waals surface area contributed by atoms with Crippen molar-refractivity contribution in [3.05, 3.63) is 41.5 Å². The Morgan fingerprint density at radius 1 is 1.22 bits per heavy atom. The molecule has 3 aliphatic rings. The van der Waals surface area contributed by atoms with Gasteiger partial charge in [0.1, 0.15) is 5.78 Å². The minimum Gasteiger partial charge on any atom is -0.399 e. The minimum absolute atomic E-state index is 0.208. The molecule has 0 radical (unpaired) electrons. The molecular formula is C16H17NO. The fraction of sp³-hybridized carbons (Fsp3) is 0.438.